The summed E-state index contributed by atoms with van der Waals surface area (Å²) in [6.45, 7) is 5.43. The van der Waals surface area contributed by atoms with Gasteiger partial charge in [0.2, 0.25) is 5.91 Å². The molecule has 0 atom stereocenters. The largest absolute Gasteiger partial charge is 0.443 e. The Hall–Kier alpha value is -3.00. The van der Waals surface area contributed by atoms with Gasteiger partial charge in [-0.3, -0.25) is 9.69 Å². The topological polar surface area (TPSA) is 98.4 Å². The Morgan fingerprint density at radius 1 is 1.19 bits per heavy atom. The number of benzene rings is 1. The number of hydrogen-bond acceptors (Lipinski definition) is 6. The lowest BCUT2D eigenvalue weighted by atomic mass is 10.2. The quantitative estimate of drug-likeness (QED) is 0.740. The van der Waals surface area contributed by atoms with Gasteiger partial charge in [-0.15, -0.1) is 11.3 Å². The molecule has 7 nitrogen and oxygen atoms in total. The first-order valence-corrected chi connectivity index (χ1v) is 9.09. The Morgan fingerprint density at radius 2 is 1.93 bits per heavy atom. The summed E-state index contributed by atoms with van der Waals surface area (Å²) in [6.07, 6.45) is 1.19. The zero-order valence-electron chi connectivity index (χ0n) is 15.5. The number of nitrogens with zero attached hydrogens (tertiary/aromatic N) is 3. The van der Waals surface area contributed by atoms with Crippen molar-refractivity contribution in [2.45, 2.75) is 26.4 Å². The van der Waals surface area contributed by atoms with Gasteiger partial charge in [-0.25, -0.2) is 14.8 Å². The molecule has 27 heavy (non-hydrogen) atoms. The van der Waals surface area contributed by atoms with Gasteiger partial charge in [-0.2, -0.15) is 0 Å². The number of carbonyl (C=O) groups excluding carboxylic acids is 2. The predicted molar refractivity (Wildman–Crippen MR) is 106 cm³/mol. The third-order valence-corrected chi connectivity index (χ3v) is 4.75. The maximum Gasteiger partial charge on any atom is 0.415 e. The molecule has 1 aromatic carbocycles. The van der Waals surface area contributed by atoms with Crippen molar-refractivity contribution < 1.29 is 14.3 Å². The number of hydrogen-bond donors (Lipinski definition) is 1. The molecule has 0 fully saturated rings. The molecule has 0 bridgehead atoms. The van der Waals surface area contributed by atoms with E-state index in [1.807, 2.05) is 26.8 Å². The second-order valence-electron chi connectivity index (χ2n) is 7.01. The lowest BCUT2D eigenvalue weighted by molar-refractivity contribution is 0.0588. The third kappa shape index (κ3) is 4.22. The normalized spacial score (nSPS) is 11.4. The number of carbonyl (C=O) groups is 2. The van der Waals surface area contributed by atoms with Crippen molar-refractivity contribution >= 4 is 39.4 Å². The van der Waals surface area contributed by atoms with Gasteiger partial charge in [0.1, 0.15) is 16.4 Å². The summed E-state index contributed by atoms with van der Waals surface area (Å²) in [4.78, 5) is 33.7. The van der Waals surface area contributed by atoms with Crippen molar-refractivity contribution in [1.29, 1.82) is 0 Å². The van der Waals surface area contributed by atoms with Crippen LogP contribution >= 0.6 is 11.3 Å². The van der Waals surface area contributed by atoms with E-state index in [1.54, 1.807) is 37.5 Å². The zero-order valence-corrected chi connectivity index (χ0v) is 16.3. The number of fused-ring (bicyclic) bond motifs is 1. The number of thiazole rings is 1. The second kappa shape index (κ2) is 6.96. The Kier molecular flexibility index (Phi) is 4.84. The Bertz CT molecular complexity index is 1010. The van der Waals surface area contributed by atoms with E-state index in [0.717, 1.165) is 20.8 Å². The molecule has 0 unspecified atom stereocenters. The zero-order chi connectivity index (χ0) is 19.8. The highest BCUT2D eigenvalue weighted by molar-refractivity contribution is 7.21. The van der Waals surface area contributed by atoms with Crippen LogP contribution in [0.3, 0.4) is 0 Å². The summed E-state index contributed by atoms with van der Waals surface area (Å²) < 4.78 is 6.21. The lowest BCUT2D eigenvalue weighted by Crippen LogP contribution is -2.34. The Labute approximate surface area is 160 Å². The number of aromatic nitrogens is 2. The SMILES string of the molecule is CN(C(=O)OC(C)(C)C)c1ccc(-c2nc3ccc(C(N)=O)cc3s2)cn1. The molecule has 0 aliphatic rings. The van der Waals surface area contributed by atoms with E-state index in [9.17, 15) is 9.59 Å². The van der Waals surface area contributed by atoms with E-state index < -0.39 is 17.6 Å². The first-order valence-electron chi connectivity index (χ1n) is 8.27. The van der Waals surface area contributed by atoms with Crippen LogP contribution in [0.15, 0.2) is 36.5 Å². The number of rotatable bonds is 3. The van der Waals surface area contributed by atoms with Crippen LogP contribution in [0.5, 0.6) is 0 Å². The minimum absolute atomic E-state index is 0.449. The molecule has 0 spiro atoms. The summed E-state index contributed by atoms with van der Waals surface area (Å²) in [6, 6.07) is 8.74. The molecule has 0 aliphatic carbocycles. The second-order valence-corrected chi connectivity index (χ2v) is 8.04. The fourth-order valence-corrected chi connectivity index (χ4v) is 3.33. The number of anilines is 1. The third-order valence-electron chi connectivity index (χ3n) is 3.68. The number of primary amides is 1. The van der Waals surface area contributed by atoms with Crippen molar-refractivity contribution in [2.24, 2.45) is 5.73 Å². The first kappa shape index (κ1) is 18.8. The van der Waals surface area contributed by atoms with Crippen LogP contribution in [-0.4, -0.2) is 34.6 Å². The number of pyridine rings is 1. The Balaban J connectivity index is 1.84. The standard InChI is InChI=1S/C19H20N4O3S/c1-19(2,3)26-18(25)23(4)15-8-6-12(10-21-15)17-22-13-7-5-11(16(20)24)9-14(13)27-17/h5-10H,1-4H3,(H2,20,24). The molecule has 140 valence electrons. The molecule has 8 heteroatoms. The summed E-state index contributed by atoms with van der Waals surface area (Å²) >= 11 is 1.45. The maximum atomic E-state index is 12.1. The molecule has 0 radical (unpaired) electrons. The summed E-state index contributed by atoms with van der Waals surface area (Å²) in [5, 5.41) is 0.769. The summed E-state index contributed by atoms with van der Waals surface area (Å²) in [5.41, 5.74) is 6.80. The monoisotopic (exact) mass is 384 g/mol. The van der Waals surface area contributed by atoms with Gasteiger partial charge in [0.15, 0.2) is 0 Å². The number of ether oxygens (including phenoxy) is 1. The Morgan fingerprint density at radius 3 is 2.52 bits per heavy atom. The van der Waals surface area contributed by atoms with E-state index in [0.29, 0.717) is 11.4 Å². The van der Waals surface area contributed by atoms with Crippen LogP contribution in [0, 0.1) is 0 Å². The average Bonchev–Trinajstić information content (AvgIpc) is 3.02. The van der Waals surface area contributed by atoms with Crippen molar-refractivity contribution in [3.05, 3.63) is 42.1 Å². The summed E-state index contributed by atoms with van der Waals surface area (Å²) in [7, 11) is 1.61. The molecule has 3 rings (SSSR count). The first-order chi connectivity index (χ1) is 12.6. The molecule has 2 aromatic heterocycles. The van der Waals surface area contributed by atoms with E-state index in [1.165, 1.54) is 16.2 Å². The van der Waals surface area contributed by atoms with Crippen molar-refractivity contribution in [3.8, 4) is 10.6 Å². The van der Waals surface area contributed by atoms with Crippen molar-refractivity contribution in [3.63, 3.8) is 0 Å². The molecule has 0 aliphatic heterocycles. The van der Waals surface area contributed by atoms with Crippen LogP contribution in [-0.2, 0) is 4.74 Å². The predicted octanol–water partition coefficient (Wildman–Crippen LogP) is 3.83. The lowest BCUT2D eigenvalue weighted by Gasteiger charge is -2.24. The van der Waals surface area contributed by atoms with E-state index in [2.05, 4.69) is 9.97 Å². The van der Waals surface area contributed by atoms with Gasteiger partial charge in [0.25, 0.3) is 0 Å². The van der Waals surface area contributed by atoms with Gasteiger partial charge in [-0.05, 0) is 51.1 Å². The molecular formula is C19H20N4O3S. The molecule has 0 saturated carbocycles. The van der Waals surface area contributed by atoms with Crippen molar-refractivity contribution in [1.82, 2.24) is 9.97 Å². The van der Waals surface area contributed by atoms with Gasteiger partial charge < -0.3 is 10.5 Å². The van der Waals surface area contributed by atoms with E-state index in [-0.39, 0.29) is 0 Å². The highest BCUT2D eigenvalue weighted by atomic mass is 32.1. The maximum absolute atomic E-state index is 12.1. The molecule has 2 N–H and O–H groups in total. The van der Waals surface area contributed by atoms with Crippen LogP contribution < -0.4 is 10.6 Å². The summed E-state index contributed by atoms with van der Waals surface area (Å²) in [5.74, 6) is 0.00757. The van der Waals surface area contributed by atoms with E-state index >= 15 is 0 Å². The van der Waals surface area contributed by atoms with Crippen LogP contribution in [0.1, 0.15) is 31.1 Å². The van der Waals surface area contributed by atoms with Gasteiger partial charge in [0, 0.05) is 24.4 Å². The smallest absolute Gasteiger partial charge is 0.415 e. The van der Waals surface area contributed by atoms with Gasteiger partial charge in [-0.1, -0.05) is 0 Å². The number of nitrogens with two attached hydrogens (primary N) is 1. The molecule has 2 heterocycles. The van der Waals surface area contributed by atoms with E-state index in [4.69, 9.17) is 10.5 Å². The highest BCUT2D eigenvalue weighted by Gasteiger charge is 2.21. The molecule has 2 amide bonds. The van der Waals surface area contributed by atoms with Crippen LogP contribution in [0.25, 0.3) is 20.8 Å². The van der Waals surface area contributed by atoms with Gasteiger partial charge in [0.05, 0.1) is 10.2 Å². The fourth-order valence-electron chi connectivity index (χ4n) is 2.34. The minimum Gasteiger partial charge on any atom is -0.443 e. The fraction of sp³-hybridized carbons (Fsp3) is 0.263. The molecular weight excluding hydrogens is 364 g/mol. The van der Waals surface area contributed by atoms with Crippen LogP contribution in [0.2, 0.25) is 0 Å². The molecule has 0 saturated heterocycles. The van der Waals surface area contributed by atoms with Crippen LogP contribution in [0.4, 0.5) is 10.6 Å². The highest BCUT2D eigenvalue weighted by Crippen LogP contribution is 2.31. The average molecular weight is 384 g/mol. The molecule has 3 aromatic rings. The van der Waals surface area contributed by atoms with Gasteiger partial charge >= 0.3 is 6.09 Å². The number of amides is 2. The minimum atomic E-state index is -0.573. The van der Waals surface area contributed by atoms with Crippen molar-refractivity contribution in [2.75, 3.05) is 11.9 Å².